The van der Waals surface area contributed by atoms with E-state index in [0.29, 0.717) is 0 Å². The van der Waals surface area contributed by atoms with Crippen molar-refractivity contribution in [3.63, 3.8) is 0 Å². The molecular formula is C20H22N2O2. The first-order valence-corrected chi connectivity index (χ1v) is 8.19. The van der Waals surface area contributed by atoms with Gasteiger partial charge in [0.2, 0.25) is 5.91 Å². The van der Waals surface area contributed by atoms with Crippen molar-refractivity contribution in [1.82, 2.24) is 10.6 Å². The van der Waals surface area contributed by atoms with E-state index in [0.717, 1.165) is 22.3 Å². The minimum atomic E-state index is -0.168. The minimum absolute atomic E-state index is 0.0502. The molecule has 0 fully saturated rings. The molecule has 0 aliphatic carbocycles. The van der Waals surface area contributed by atoms with Crippen LogP contribution in [0.15, 0.2) is 65.1 Å². The largest absolute Gasteiger partial charge is 0.459 e. The lowest BCUT2D eigenvalue weighted by Gasteiger charge is -2.16. The highest BCUT2D eigenvalue weighted by Crippen LogP contribution is 2.23. The summed E-state index contributed by atoms with van der Waals surface area (Å²) in [5.74, 6) is 0.714. The third-order valence-corrected chi connectivity index (χ3v) is 4.12. The van der Waals surface area contributed by atoms with Crippen LogP contribution in [0.2, 0.25) is 0 Å². The summed E-state index contributed by atoms with van der Waals surface area (Å²) in [6, 6.07) is 19.8. The second-order valence-electron chi connectivity index (χ2n) is 5.99. The molecule has 0 aliphatic heterocycles. The van der Waals surface area contributed by atoms with E-state index in [9.17, 15) is 4.79 Å². The Balaban J connectivity index is 1.54. The van der Waals surface area contributed by atoms with Gasteiger partial charge in [0.1, 0.15) is 11.3 Å². The first-order valence-electron chi connectivity index (χ1n) is 8.19. The van der Waals surface area contributed by atoms with Crippen molar-refractivity contribution in [2.45, 2.75) is 25.9 Å². The van der Waals surface area contributed by atoms with Gasteiger partial charge in [-0.15, -0.1) is 0 Å². The van der Waals surface area contributed by atoms with Gasteiger partial charge in [0.05, 0.1) is 12.6 Å². The Morgan fingerprint density at radius 3 is 2.46 bits per heavy atom. The molecule has 1 amide bonds. The molecule has 0 radical (unpaired) electrons. The number of carbonyl (C=O) groups excluding carboxylic acids is 1. The molecule has 24 heavy (non-hydrogen) atoms. The van der Waals surface area contributed by atoms with E-state index in [1.54, 1.807) is 0 Å². The molecule has 0 saturated heterocycles. The molecule has 0 spiro atoms. The number of benzene rings is 2. The molecule has 0 unspecified atom stereocenters. The molecule has 3 rings (SSSR count). The Labute approximate surface area is 141 Å². The fraction of sp³-hybridized carbons (Fsp3) is 0.250. The number of furan rings is 1. The molecule has 0 aliphatic rings. The van der Waals surface area contributed by atoms with Crippen LogP contribution < -0.4 is 10.6 Å². The Morgan fingerprint density at radius 1 is 1.00 bits per heavy atom. The van der Waals surface area contributed by atoms with Gasteiger partial charge in [0.15, 0.2) is 0 Å². The summed E-state index contributed by atoms with van der Waals surface area (Å²) in [6.07, 6.45) is 0. The summed E-state index contributed by atoms with van der Waals surface area (Å²) in [7, 11) is 0. The van der Waals surface area contributed by atoms with E-state index in [1.807, 2.05) is 74.5 Å². The molecule has 0 saturated carbocycles. The van der Waals surface area contributed by atoms with Crippen LogP contribution in [0.3, 0.4) is 0 Å². The van der Waals surface area contributed by atoms with Crippen LogP contribution in [0.5, 0.6) is 0 Å². The van der Waals surface area contributed by atoms with Gasteiger partial charge in [-0.05, 0) is 31.5 Å². The quantitative estimate of drug-likeness (QED) is 0.722. The first kappa shape index (κ1) is 16.3. The van der Waals surface area contributed by atoms with Crippen molar-refractivity contribution >= 4 is 16.9 Å². The zero-order valence-corrected chi connectivity index (χ0v) is 14.0. The van der Waals surface area contributed by atoms with E-state index in [4.69, 9.17) is 4.42 Å². The van der Waals surface area contributed by atoms with Gasteiger partial charge in [-0.2, -0.15) is 0 Å². The van der Waals surface area contributed by atoms with Crippen molar-refractivity contribution < 1.29 is 9.21 Å². The Hall–Kier alpha value is -2.59. The summed E-state index contributed by atoms with van der Waals surface area (Å²) in [5.41, 5.74) is 2.00. The molecular weight excluding hydrogens is 300 g/mol. The van der Waals surface area contributed by atoms with Crippen LogP contribution in [0.4, 0.5) is 0 Å². The molecule has 124 valence electrons. The van der Waals surface area contributed by atoms with E-state index < -0.39 is 0 Å². The highest BCUT2D eigenvalue weighted by Gasteiger charge is 2.14. The summed E-state index contributed by atoms with van der Waals surface area (Å²) < 4.78 is 5.79. The average Bonchev–Trinajstić information content (AvgIpc) is 3.05. The Morgan fingerprint density at radius 2 is 1.71 bits per heavy atom. The summed E-state index contributed by atoms with van der Waals surface area (Å²) in [6.45, 7) is 4.24. The van der Waals surface area contributed by atoms with E-state index >= 15 is 0 Å². The third kappa shape index (κ3) is 3.84. The number of nitrogens with one attached hydrogen (secondary N) is 2. The third-order valence-electron chi connectivity index (χ3n) is 4.12. The SMILES string of the molecule is C[C@H](NC(=O)CN[C@H](C)c1ccccc1)c1cc2ccccc2o1. The predicted octanol–water partition coefficient (Wildman–Crippen LogP) is 3.96. The number of para-hydroxylation sites is 1. The zero-order chi connectivity index (χ0) is 16.9. The Kier molecular flexibility index (Phi) is 4.96. The van der Waals surface area contributed by atoms with Crippen LogP contribution >= 0.6 is 0 Å². The lowest BCUT2D eigenvalue weighted by atomic mass is 10.1. The maximum atomic E-state index is 12.2. The minimum Gasteiger partial charge on any atom is -0.459 e. The van der Waals surface area contributed by atoms with Gasteiger partial charge in [-0.25, -0.2) is 0 Å². The maximum Gasteiger partial charge on any atom is 0.234 e. The number of fused-ring (bicyclic) bond motifs is 1. The number of amides is 1. The molecule has 4 heteroatoms. The van der Waals surface area contributed by atoms with E-state index in [-0.39, 0.29) is 24.5 Å². The normalized spacial score (nSPS) is 13.6. The molecule has 0 bridgehead atoms. The van der Waals surface area contributed by atoms with Gasteiger partial charge in [0.25, 0.3) is 0 Å². The van der Waals surface area contributed by atoms with Crippen LogP contribution in [0.25, 0.3) is 11.0 Å². The molecule has 1 heterocycles. The average molecular weight is 322 g/mol. The molecule has 1 aromatic heterocycles. The monoisotopic (exact) mass is 322 g/mol. The molecule has 4 nitrogen and oxygen atoms in total. The lowest BCUT2D eigenvalue weighted by molar-refractivity contribution is -0.121. The summed E-state index contributed by atoms with van der Waals surface area (Å²) in [4.78, 5) is 12.2. The molecule has 3 aromatic rings. The fourth-order valence-electron chi connectivity index (χ4n) is 2.68. The molecule has 2 atom stereocenters. The molecule has 2 N–H and O–H groups in total. The second-order valence-corrected chi connectivity index (χ2v) is 5.99. The van der Waals surface area contributed by atoms with Crippen LogP contribution in [0.1, 0.15) is 37.3 Å². The van der Waals surface area contributed by atoms with Crippen molar-refractivity contribution in [3.8, 4) is 0 Å². The smallest absolute Gasteiger partial charge is 0.234 e. The number of hydrogen-bond acceptors (Lipinski definition) is 3. The zero-order valence-electron chi connectivity index (χ0n) is 14.0. The highest BCUT2D eigenvalue weighted by molar-refractivity contribution is 5.80. The van der Waals surface area contributed by atoms with Gasteiger partial charge < -0.3 is 15.1 Å². The van der Waals surface area contributed by atoms with Gasteiger partial charge in [-0.3, -0.25) is 4.79 Å². The van der Waals surface area contributed by atoms with Gasteiger partial charge in [-0.1, -0.05) is 48.5 Å². The summed E-state index contributed by atoms with van der Waals surface area (Å²) in [5, 5.41) is 7.25. The van der Waals surface area contributed by atoms with E-state index in [2.05, 4.69) is 10.6 Å². The van der Waals surface area contributed by atoms with Crippen LogP contribution in [0, 0.1) is 0 Å². The number of carbonyl (C=O) groups is 1. The van der Waals surface area contributed by atoms with Crippen molar-refractivity contribution in [3.05, 3.63) is 72.0 Å². The lowest BCUT2D eigenvalue weighted by Crippen LogP contribution is -2.36. The van der Waals surface area contributed by atoms with Gasteiger partial charge >= 0.3 is 0 Å². The fourth-order valence-corrected chi connectivity index (χ4v) is 2.68. The first-order chi connectivity index (χ1) is 11.6. The van der Waals surface area contributed by atoms with Crippen LogP contribution in [-0.4, -0.2) is 12.5 Å². The standard InChI is InChI=1S/C20H22N2O2/c1-14(16-8-4-3-5-9-16)21-13-20(23)22-15(2)19-12-17-10-6-7-11-18(17)24-19/h3-12,14-15,21H,13H2,1-2H3,(H,22,23)/t14-,15+/m1/s1. The Bertz CT molecular complexity index is 778. The summed E-state index contributed by atoms with van der Waals surface area (Å²) >= 11 is 0. The number of rotatable bonds is 6. The van der Waals surface area contributed by atoms with Gasteiger partial charge in [0, 0.05) is 11.4 Å². The van der Waals surface area contributed by atoms with Crippen LogP contribution in [-0.2, 0) is 4.79 Å². The van der Waals surface area contributed by atoms with Crippen molar-refractivity contribution in [2.75, 3.05) is 6.54 Å². The topological polar surface area (TPSA) is 54.3 Å². The maximum absolute atomic E-state index is 12.2. The molecule has 2 aromatic carbocycles. The predicted molar refractivity (Wildman–Crippen MR) is 95.6 cm³/mol. The highest BCUT2D eigenvalue weighted by atomic mass is 16.3. The van der Waals surface area contributed by atoms with E-state index in [1.165, 1.54) is 0 Å². The van der Waals surface area contributed by atoms with Crippen molar-refractivity contribution in [1.29, 1.82) is 0 Å². The van der Waals surface area contributed by atoms with Crippen molar-refractivity contribution in [2.24, 2.45) is 0 Å². The second kappa shape index (κ2) is 7.32. The number of hydrogen-bond donors (Lipinski definition) is 2.